The summed E-state index contributed by atoms with van der Waals surface area (Å²) in [5.41, 5.74) is 3.69. The Morgan fingerprint density at radius 3 is 0.875 bits per heavy atom. The van der Waals surface area contributed by atoms with E-state index >= 15 is 0 Å². The van der Waals surface area contributed by atoms with Crippen LogP contribution in [0.1, 0.15) is 0 Å². The van der Waals surface area contributed by atoms with Crippen LogP contribution in [0.15, 0.2) is 48.5 Å². The van der Waals surface area contributed by atoms with Crippen LogP contribution in [0.25, 0.3) is 22.3 Å². The van der Waals surface area contributed by atoms with Gasteiger partial charge in [0.05, 0.1) is 30.1 Å². The maximum atomic E-state index is 6.09. The zero-order chi connectivity index (χ0) is 17.4. The number of benzene rings is 3. The van der Waals surface area contributed by atoms with E-state index in [2.05, 4.69) is 0 Å². The first-order valence-corrected chi connectivity index (χ1v) is 9.03. The average Bonchev–Trinajstić information content (AvgIpc) is 2.57. The minimum Gasteiger partial charge on any atom is -0.0826 e. The van der Waals surface area contributed by atoms with E-state index in [-0.39, 0.29) is 0 Å². The van der Waals surface area contributed by atoms with Crippen molar-refractivity contribution >= 4 is 69.6 Å². The summed E-state index contributed by atoms with van der Waals surface area (Å²) < 4.78 is 0. The Morgan fingerprint density at radius 1 is 0.375 bits per heavy atom. The molecule has 0 saturated heterocycles. The maximum Gasteiger partial charge on any atom is 0.0778 e. The number of hydrogen-bond donors (Lipinski definition) is 0. The van der Waals surface area contributed by atoms with E-state index in [1.54, 1.807) is 24.3 Å². The Kier molecular flexibility index (Phi) is 5.56. The molecule has 122 valence electrons. The Morgan fingerprint density at radius 2 is 0.625 bits per heavy atom. The Hall–Kier alpha value is -0.600. The van der Waals surface area contributed by atoms with Crippen LogP contribution in [0.2, 0.25) is 30.1 Å². The van der Waals surface area contributed by atoms with Crippen molar-refractivity contribution in [1.29, 1.82) is 0 Å². The van der Waals surface area contributed by atoms with Gasteiger partial charge in [0.1, 0.15) is 0 Å². The molecule has 0 aliphatic rings. The van der Waals surface area contributed by atoms with Gasteiger partial charge in [-0.2, -0.15) is 0 Å². The molecule has 6 heteroatoms. The second kappa shape index (κ2) is 7.33. The summed E-state index contributed by atoms with van der Waals surface area (Å²) in [5.74, 6) is 0. The molecule has 0 atom stereocenters. The topological polar surface area (TPSA) is 0 Å². The fourth-order valence-corrected chi connectivity index (χ4v) is 3.49. The van der Waals surface area contributed by atoms with E-state index < -0.39 is 0 Å². The van der Waals surface area contributed by atoms with E-state index in [1.807, 2.05) is 24.3 Å². The van der Waals surface area contributed by atoms with Crippen molar-refractivity contribution in [2.24, 2.45) is 0 Å². The molecular weight excluding hydrogens is 429 g/mol. The molecule has 0 unspecified atom stereocenters. The normalized spacial score (nSPS) is 10.9. The predicted octanol–water partition coefficient (Wildman–Crippen LogP) is 8.94. The summed E-state index contributed by atoms with van der Waals surface area (Å²) in [6.07, 6.45) is 0. The molecule has 0 heterocycles. The van der Waals surface area contributed by atoms with Crippen LogP contribution in [0.3, 0.4) is 0 Å². The Balaban J connectivity index is 2.00. The molecule has 3 aromatic rings. The van der Waals surface area contributed by atoms with Gasteiger partial charge in [-0.25, -0.2) is 0 Å². The molecule has 0 nitrogen and oxygen atoms in total. The minimum absolute atomic E-state index is 0.351. The van der Waals surface area contributed by atoms with E-state index in [9.17, 15) is 0 Å². The van der Waals surface area contributed by atoms with E-state index in [0.29, 0.717) is 30.1 Å². The number of halogens is 6. The monoisotopic (exact) mass is 434 g/mol. The lowest BCUT2D eigenvalue weighted by Gasteiger charge is -2.09. The molecule has 0 aromatic heterocycles. The lowest BCUT2D eigenvalue weighted by Crippen LogP contribution is -1.83. The SMILES string of the molecule is Clc1cc(-c2ccc(-c3cc(Cl)c(Cl)c(Cl)c3)cc2)cc(Cl)c1Cl. The van der Waals surface area contributed by atoms with Crippen LogP contribution in [0, 0.1) is 0 Å². The fraction of sp³-hybridized carbons (Fsp3) is 0. The summed E-state index contributed by atoms with van der Waals surface area (Å²) in [6.45, 7) is 0. The van der Waals surface area contributed by atoms with Gasteiger partial charge >= 0.3 is 0 Å². The Bertz CT molecular complexity index is 793. The molecule has 0 amide bonds. The molecule has 0 N–H and O–H groups in total. The van der Waals surface area contributed by atoms with Gasteiger partial charge in [0.25, 0.3) is 0 Å². The van der Waals surface area contributed by atoms with Crippen LogP contribution >= 0.6 is 69.6 Å². The van der Waals surface area contributed by atoms with Gasteiger partial charge in [-0.15, -0.1) is 0 Å². The first-order chi connectivity index (χ1) is 11.4. The summed E-state index contributed by atoms with van der Waals surface area (Å²) in [6, 6.07) is 15.0. The van der Waals surface area contributed by atoms with Crippen molar-refractivity contribution in [3.05, 3.63) is 78.7 Å². The van der Waals surface area contributed by atoms with Crippen molar-refractivity contribution in [2.45, 2.75) is 0 Å². The van der Waals surface area contributed by atoms with Gasteiger partial charge in [0.15, 0.2) is 0 Å². The largest absolute Gasteiger partial charge is 0.0826 e. The third-order valence-electron chi connectivity index (χ3n) is 3.52. The highest BCUT2D eigenvalue weighted by molar-refractivity contribution is 6.49. The van der Waals surface area contributed by atoms with E-state index in [4.69, 9.17) is 69.6 Å². The number of rotatable bonds is 2. The van der Waals surface area contributed by atoms with Crippen molar-refractivity contribution in [2.75, 3.05) is 0 Å². The third-order valence-corrected chi connectivity index (χ3v) is 5.91. The summed E-state index contributed by atoms with van der Waals surface area (Å²) >= 11 is 36.3. The molecule has 3 rings (SSSR count). The molecule has 0 spiro atoms. The molecule has 0 bridgehead atoms. The van der Waals surface area contributed by atoms with Crippen LogP contribution in [0.4, 0.5) is 0 Å². The number of hydrogen-bond acceptors (Lipinski definition) is 0. The van der Waals surface area contributed by atoms with Crippen LogP contribution in [-0.4, -0.2) is 0 Å². The second-order valence-electron chi connectivity index (χ2n) is 5.09. The van der Waals surface area contributed by atoms with Gasteiger partial charge in [0.2, 0.25) is 0 Å². The summed E-state index contributed by atoms with van der Waals surface area (Å²) in [4.78, 5) is 0. The summed E-state index contributed by atoms with van der Waals surface area (Å²) in [5, 5.41) is 2.37. The van der Waals surface area contributed by atoms with E-state index in [1.165, 1.54) is 0 Å². The van der Waals surface area contributed by atoms with Crippen molar-refractivity contribution < 1.29 is 0 Å². The molecular formula is C18H8Cl6. The summed E-state index contributed by atoms with van der Waals surface area (Å²) in [7, 11) is 0. The Labute approximate surface area is 169 Å². The maximum absolute atomic E-state index is 6.09. The molecule has 24 heavy (non-hydrogen) atoms. The standard InChI is InChI=1S/C18H8Cl6/c19-13-5-11(6-14(20)17(13)23)9-1-2-10(4-3-9)12-7-15(21)18(24)16(22)8-12/h1-8H. The van der Waals surface area contributed by atoms with Crippen molar-refractivity contribution in [3.8, 4) is 22.3 Å². The van der Waals surface area contributed by atoms with Gasteiger partial charge in [-0.3, -0.25) is 0 Å². The first-order valence-electron chi connectivity index (χ1n) is 6.76. The van der Waals surface area contributed by atoms with Crippen LogP contribution < -0.4 is 0 Å². The zero-order valence-corrected chi connectivity index (χ0v) is 16.4. The third kappa shape index (κ3) is 3.65. The smallest absolute Gasteiger partial charge is 0.0778 e. The predicted molar refractivity (Wildman–Crippen MR) is 107 cm³/mol. The van der Waals surface area contributed by atoms with Crippen LogP contribution in [0.5, 0.6) is 0 Å². The fourth-order valence-electron chi connectivity index (χ4n) is 2.30. The molecule has 0 saturated carbocycles. The quantitative estimate of drug-likeness (QED) is 0.351. The minimum atomic E-state index is 0.351. The van der Waals surface area contributed by atoms with Crippen molar-refractivity contribution in [3.63, 3.8) is 0 Å². The lowest BCUT2D eigenvalue weighted by molar-refractivity contribution is 1.59. The van der Waals surface area contributed by atoms with E-state index in [0.717, 1.165) is 22.3 Å². The molecule has 0 fully saturated rings. The molecule has 0 radical (unpaired) electrons. The highest BCUT2D eigenvalue weighted by atomic mass is 35.5. The highest BCUT2D eigenvalue weighted by Gasteiger charge is 2.10. The zero-order valence-electron chi connectivity index (χ0n) is 11.9. The highest BCUT2D eigenvalue weighted by Crippen LogP contribution is 2.37. The average molecular weight is 437 g/mol. The molecule has 0 aliphatic heterocycles. The van der Waals surface area contributed by atoms with Gasteiger partial charge in [-0.05, 0) is 46.5 Å². The second-order valence-corrected chi connectivity index (χ2v) is 7.47. The van der Waals surface area contributed by atoms with Gasteiger partial charge in [-0.1, -0.05) is 93.9 Å². The van der Waals surface area contributed by atoms with Gasteiger partial charge < -0.3 is 0 Å². The van der Waals surface area contributed by atoms with Crippen LogP contribution in [-0.2, 0) is 0 Å². The molecule has 3 aromatic carbocycles. The van der Waals surface area contributed by atoms with Gasteiger partial charge in [0, 0.05) is 0 Å². The lowest BCUT2D eigenvalue weighted by atomic mass is 10.0. The molecule has 0 aliphatic carbocycles. The van der Waals surface area contributed by atoms with Crippen molar-refractivity contribution in [1.82, 2.24) is 0 Å². The first kappa shape index (κ1) is 18.2.